The van der Waals surface area contributed by atoms with Crippen LogP contribution in [0.15, 0.2) is 54.6 Å². The van der Waals surface area contributed by atoms with Crippen LogP contribution < -0.4 is 5.32 Å². The fraction of sp³-hybridized carbons (Fsp3) is 0.409. The molecule has 0 unspecified atom stereocenters. The summed E-state index contributed by atoms with van der Waals surface area (Å²) in [5.41, 5.74) is -1.15. The minimum absolute atomic E-state index is 0.0466. The molecule has 2 rings (SSSR count). The van der Waals surface area contributed by atoms with E-state index < -0.39 is 30.1 Å². The molecule has 2 atom stereocenters. The van der Waals surface area contributed by atoms with Crippen LogP contribution in [0.25, 0.3) is 0 Å². The van der Waals surface area contributed by atoms with Gasteiger partial charge in [0.05, 0.1) is 19.3 Å². The Balaban J connectivity index is 2.55. The van der Waals surface area contributed by atoms with Gasteiger partial charge in [0, 0.05) is 13.5 Å². The highest BCUT2D eigenvalue weighted by Gasteiger charge is 2.62. The average Bonchev–Trinajstić information content (AvgIpc) is 2.67. The van der Waals surface area contributed by atoms with Crippen molar-refractivity contribution in [1.82, 2.24) is 5.32 Å². The number of halogens is 3. The molecule has 2 aromatic rings. The molecule has 0 fully saturated rings. The van der Waals surface area contributed by atoms with Crippen molar-refractivity contribution in [3.05, 3.63) is 71.3 Å². The van der Waals surface area contributed by atoms with Gasteiger partial charge in [0.15, 0.2) is 0 Å². The first kappa shape index (κ1) is 22.9. The number of methoxy groups -OCH3 is 1. The maximum atomic E-state index is 14.4. The van der Waals surface area contributed by atoms with E-state index in [1.165, 1.54) is 14.0 Å². The Morgan fingerprint density at radius 1 is 1.10 bits per heavy atom. The summed E-state index contributed by atoms with van der Waals surface area (Å²) in [6.45, 7) is 3.06. The molecule has 0 saturated heterocycles. The predicted octanol–water partition coefficient (Wildman–Crippen LogP) is 4.38. The van der Waals surface area contributed by atoms with E-state index in [-0.39, 0.29) is 13.2 Å². The van der Waals surface area contributed by atoms with Gasteiger partial charge in [-0.3, -0.25) is 5.32 Å². The summed E-state index contributed by atoms with van der Waals surface area (Å²) < 4.78 is 53.4. The van der Waals surface area contributed by atoms with E-state index >= 15 is 0 Å². The van der Waals surface area contributed by atoms with Crippen molar-refractivity contribution in [3.8, 4) is 0 Å². The number of hydrogen-bond donors (Lipinski definition) is 1. The number of esters is 1. The number of carbonyl (C=O) groups excluding carboxylic acids is 1. The largest absolute Gasteiger partial charge is 0.464 e. The normalized spacial score (nSPS) is 14.8. The van der Waals surface area contributed by atoms with Gasteiger partial charge in [0.2, 0.25) is 5.54 Å². The molecule has 0 spiro atoms. The van der Waals surface area contributed by atoms with Crippen LogP contribution in [0.5, 0.6) is 0 Å². The molecular formula is C22H26F3NO3. The Kier molecular flexibility index (Phi) is 7.81. The number of aryl methyl sites for hydroxylation is 1. The van der Waals surface area contributed by atoms with E-state index in [0.29, 0.717) is 11.1 Å². The van der Waals surface area contributed by atoms with Crippen molar-refractivity contribution >= 4 is 5.97 Å². The minimum atomic E-state index is -4.90. The lowest BCUT2D eigenvalue weighted by Crippen LogP contribution is -2.65. The highest BCUT2D eigenvalue weighted by molar-refractivity contribution is 5.82. The number of hydrogen-bond acceptors (Lipinski definition) is 4. The van der Waals surface area contributed by atoms with Crippen LogP contribution in [0.1, 0.15) is 29.7 Å². The number of benzene rings is 2. The molecule has 0 aliphatic carbocycles. The minimum Gasteiger partial charge on any atom is -0.464 e. The van der Waals surface area contributed by atoms with Crippen molar-refractivity contribution < 1.29 is 27.4 Å². The van der Waals surface area contributed by atoms with Crippen LogP contribution in [0.4, 0.5) is 13.2 Å². The quantitative estimate of drug-likeness (QED) is 0.625. The second kappa shape index (κ2) is 9.89. The highest BCUT2D eigenvalue weighted by atomic mass is 19.4. The topological polar surface area (TPSA) is 47.6 Å². The smallest absolute Gasteiger partial charge is 0.417 e. The molecular weight excluding hydrogens is 383 g/mol. The second-order valence-electron chi connectivity index (χ2n) is 6.85. The van der Waals surface area contributed by atoms with Crippen LogP contribution in [-0.2, 0) is 20.7 Å². The second-order valence-corrected chi connectivity index (χ2v) is 6.85. The molecule has 0 radical (unpaired) electrons. The Labute approximate surface area is 169 Å². The molecule has 1 N–H and O–H groups in total. The van der Waals surface area contributed by atoms with Gasteiger partial charge in [-0.05, 0) is 25.0 Å². The van der Waals surface area contributed by atoms with Crippen LogP contribution in [0, 0.1) is 6.92 Å². The van der Waals surface area contributed by atoms with E-state index in [1.807, 2.05) is 0 Å². The summed E-state index contributed by atoms with van der Waals surface area (Å²) in [5, 5.41) is 2.55. The van der Waals surface area contributed by atoms with Crippen molar-refractivity contribution in [2.75, 3.05) is 20.3 Å². The van der Waals surface area contributed by atoms with Gasteiger partial charge in [-0.2, -0.15) is 13.2 Å². The first-order valence-electron chi connectivity index (χ1n) is 9.34. The molecule has 0 aromatic heterocycles. The molecule has 0 amide bonds. The van der Waals surface area contributed by atoms with Gasteiger partial charge < -0.3 is 9.47 Å². The van der Waals surface area contributed by atoms with Gasteiger partial charge in [0.1, 0.15) is 0 Å². The monoisotopic (exact) mass is 409 g/mol. The summed E-state index contributed by atoms with van der Waals surface area (Å²) in [6.07, 6.45) is -5.49. The lowest BCUT2D eigenvalue weighted by atomic mass is 9.87. The van der Waals surface area contributed by atoms with Crippen molar-refractivity contribution in [1.29, 1.82) is 0 Å². The lowest BCUT2D eigenvalue weighted by molar-refractivity contribution is -0.216. The van der Waals surface area contributed by atoms with E-state index in [1.54, 1.807) is 61.5 Å². The summed E-state index contributed by atoms with van der Waals surface area (Å²) in [5.74, 6) is -1.36. The van der Waals surface area contributed by atoms with E-state index in [0.717, 1.165) is 5.56 Å². The third kappa shape index (κ3) is 5.58. The Morgan fingerprint density at radius 2 is 1.79 bits per heavy atom. The summed E-state index contributed by atoms with van der Waals surface area (Å²) in [6, 6.07) is 14.4. The first-order valence-corrected chi connectivity index (χ1v) is 9.34. The van der Waals surface area contributed by atoms with Crippen molar-refractivity contribution in [2.45, 2.75) is 38.0 Å². The van der Waals surface area contributed by atoms with Crippen LogP contribution in [0.3, 0.4) is 0 Å². The standard InChI is InChI=1S/C22H26F3NO3/c1-4-29-20(27)21(22(23,24)25,14-17-10-8-9-16(2)13-17)26-19(15-28-3)18-11-6-5-7-12-18/h5-13,19,26H,4,14-15H2,1-3H3/t19-,21-/m0/s1. The third-order valence-electron chi connectivity index (χ3n) is 4.62. The molecule has 4 nitrogen and oxygen atoms in total. The zero-order valence-electron chi connectivity index (χ0n) is 16.8. The Hall–Kier alpha value is -2.38. The number of rotatable bonds is 9. The van der Waals surface area contributed by atoms with E-state index in [9.17, 15) is 18.0 Å². The SMILES string of the molecule is CCOC(=O)[C@](Cc1cccc(C)c1)(N[C@@H](COC)c1ccccc1)C(F)(F)F. The zero-order chi connectivity index (χ0) is 21.5. The molecule has 0 bridgehead atoms. The van der Waals surface area contributed by atoms with Gasteiger partial charge in [-0.15, -0.1) is 0 Å². The maximum absolute atomic E-state index is 14.4. The molecule has 7 heteroatoms. The van der Waals surface area contributed by atoms with Gasteiger partial charge in [0.25, 0.3) is 0 Å². The third-order valence-corrected chi connectivity index (χ3v) is 4.62. The van der Waals surface area contributed by atoms with E-state index in [4.69, 9.17) is 9.47 Å². The molecule has 0 saturated carbocycles. The van der Waals surface area contributed by atoms with Crippen molar-refractivity contribution in [3.63, 3.8) is 0 Å². The number of nitrogens with one attached hydrogen (secondary N) is 1. The summed E-state index contributed by atoms with van der Waals surface area (Å²) in [7, 11) is 1.40. The lowest BCUT2D eigenvalue weighted by Gasteiger charge is -2.37. The summed E-state index contributed by atoms with van der Waals surface area (Å²) >= 11 is 0. The van der Waals surface area contributed by atoms with E-state index in [2.05, 4.69) is 5.32 Å². The highest BCUT2D eigenvalue weighted by Crippen LogP contribution is 2.37. The van der Waals surface area contributed by atoms with Crippen LogP contribution in [-0.4, -0.2) is 38.0 Å². The molecule has 0 heterocycles. The summed E-state index contributed by atoms with van der Waals surface area (Å²) in [4.78, 5) is 12.7. The number of alkyl halides is 3. The fourth-order valence-electron chi connectivity index (χ4n) is 3.23. The maximum Gasteiger partial charge on any atom is 0.417 e. The van der Waals surface area contributed by atoms with Crippen LogP contribution >= 0.6 is 0 Å². The average molecular weight is 409 g/mol. The Morgan fingerprint density at radius 3 is 2.34 bits per heavy atom. The zero-order valence-corrected chi connectivity index (χ0v) is 16.8. The first-order chi connectivity index (χ1) is 13.7. The van der Waals surface area contributed by atoms with Gasteiger partial charge >= 0.3 is 12.1 Å². The molecule has 0 aliphatic heterocycles. The predicted molar refractivity (Wildman–Crippen MR) is 104 cm³/mol. The van der Waals surface area contributed by atoms with Crippen LogP contribution in [0.2, 0.25) is 0 Å². The fourth-order valence-corrected chi connectivity index (χ4v) is 3.23. The molecule has 158 valence electrons. The molecule has 0 aliphatic rings. The number of carbonyl (C=O) groups is 1. The van der Waals surface area contributed by atoms with Gasteiger partial charge in [-0.25, -0.2) is 4.79 Å². The molecule has 29 heavy (non-hydrogen) atoms. The number of ether oxygens (including phenoxy) is 2. The molecule has 2 aromatic carbocycles. The Bertz CT molecular complexity index is 795. The van der Waals surface area contributed by atoms with Gasteiger partial charge in [-0.1, -0.05) is 60.2 Å². The van der Waals surface area contributed by atoms with Crippen molar-refractivity contribution in [2.24, 2.45) is 0 Å².